The molecule has 0 saturated heterocycles. The molecule has 7 heteroatoms. The normalized spacial score (nSPS) is 13.9. The van der Waals surface area contributed by atoms with Gasteiger partial charge in [0.1, 0.15) is 17.7 Å². The average Bonchev–Trinajstić information content (AvgIpc) is 2.63. The van der Waals surface area contributed by atoms with Gasteiger partial charge in [0.25, 0.3) is 0 Å². The molecule has 2 N–H and O–H groups in total. The number of hydrogen-bond donors (Lipinski definition) is 2. The van der Waals surface area contributed by atoms with Crippen molar-refractivity contribution in [1.29, 1.82) is 0 Å². The molecule has 0 aromatic heterocycles. The standard InChI is InChI=1S/C28H47N3O4/c1-17(2)15-22(30-26(34)35-28(10,11)12)25(33)31(27(7,8)9)23(24(32)29-18(3)4)21-14-13-19(5)20(6)16-21/h13-14,16-18,22-23H,15H2,1-12H3,(H,29,32)(H,30,34). The van der Waals surface area contributed by atoms with Gasteiger partial charge in [0.15, 0.2) is 0 Å². The molecule has 0 radical (unpaired) electrons. The third-order valence-corrected chi connectivity index (χ3v) is 5.44. The number of benzene rings is 1. The van der Waals surface area contributed by atoms with Gasteiger partial charge in [-0.25, -0.2) is 4.79 Å². The Hall–Kier alpha value is -2.57. The van der Waals surface area contributed by atoms with Gasteiger partial charge < -0.3 is 20.3 Å². The number of hydrogen-bond acceptors (Lipinski definition) is 4. The van der Waals surface area contributed by atoms with Gasteiger partial charge in [0, 0.05) is 11.6 Å². The zero-order chi connectivity index (χ0) is 27.3. The summed E-state index contributed by atoms with van der Waals surface area (Å²) in [6.07, 6.45) is -0.240. The monoisotopic (exact) mass is 489 g/mol. The molecular weight excluding hydrogens is 442 g/mol. The Balaban J connectivity index is 3.60. The van der Waals surface area contributed by atoms with Crippen molar-refractivity contribution >= 4 is 17.9 Å². The molecule has 0 aliphatic rings. The van der Waals surface area contributed by atoms with E-state index in [1.807, 2.05) is 80.5 Å². The Morgan fingerprint density at radius 2 is 1.49 bits per heavy atom. The lowest BCUT2D eigenvalue weighted by molar-refractivity contribution is -0.149. The van der Waals surface area contributed by atoms with Crippen LogP contribution in [0.15, 0.2) is 18.2 Å². The minimum absolute atomic E-state index is 0.0974. The van der Waals surface area contributed by atoms with E-state index in [4.69, 9.17) is 4.74 Å². The predicted molar refractivity (Wildman–Crippen MR) is 141 cm³/mol. The van der Waals surface area contributed by atoms with Crippen molar-refractivity contribution in [3.8, 4) is 0 Å². The van der Waals surface area contributed by atoms with Crippen molar-refractivity contribution in [1.82, 2.24) is 15.5 Å². The summed E-state index contributed by atoms with van der Waals surface area (Å²) in [6, 6.07) is 4.03. The molecule has 0 spiro atoms. The first kappa shape index (κ1) is 30.5. The van der Waals surface area contributed by atoms with E-state index in [2.05, 4.69) is 10.6 Å². The number of nitrogens with one attached hydrogen (secondary N) is 2. The molecule has 3 amide bonds. The second kappa shape index (κ2) is 11.9. The van der Waals surface area contributed by atoms with Crippen LogP contribution in [0.5, 0.6) is 0 Å². The number of carbonyl (C=O) groups excluding carboxylic acids is 3. The fourth-order valence-electron chi connectivity index (χ4n) is 3.87. The molecule has 198 valence electrons. The van der Waals surface area contributed by atoms with Crippen LogP contribution in [-0.4, -0.2) is 46.0 Å². The second-order valence-electron chi connectivity index (χ2n) is 12.1. The molecule has 1 rings (SSSR count). The van der Waals surface area contributed by atoms with Crippen molar-refractivity contribution in [3.05, 3.63) is 34.9 Å². The van der Waals surface area contributed by atoms with Crippen LogP contribution in [0, 0.1) is 19.8 Å². The van der Waals surface area contributed by atoms with Gasteiger partial charge in [0.05, 0.1) is 0 Å². The van der Waals surface area contributed by atoms with Gasteiger partial charge in [-0.2, -0.15) is 0 Å². The molecule has 2 unspecified atom stereocenters. The Bertz CT molecular complexity index is 894. The van der Waals surface area contributed by atoms with Crippen LogP contribution in [0.4, 0.5) is 4.79 Å². The van der Waals surface area contributed by atoms with Gasteiger partial charge in [0.2, 0.25) is 11.8 Å². The number of rotatable bonds is 8. The third kappa shape index (κ3) is 9.54. The van der Waals surface area contributed by atoms with E-state index in [0.29, 0.717) is 6.42 Å². The van der Waals surface area contributed by atoms with Crippen LogP contribution >= 0.6 is 0 Å². The van der Waals surface area contributed by atoms with Crippen molar-refractivity contribution in [2.24, 2.45) is 5.92 Å². The van der Waals surface area contributed by atoms with Crippen LogP contribution < -0.4 is 10.6 Å². The maximum absolute atomic E-state index is 14.2. The summed E-state index contributed by atoms with van der Waals surface area (Å²) < 4.78 is 5.44. The Labute approximate surface area is 212 Å². The number of nitrogens with zero attached hydrogens (tertiary/aromatic N) is 1. The van der Waals surface area contributed by atoms with Crippen LogP contribution in [0.1, 0.15) is 98.4 Å². The SMILES string of the molecule is Cc1ccc(C(C(=O)NC(C)C)N(C(=O)C(CC(C)C)NC(=O)OC(C)(C)C)C(C)(C)C)cc1C. The summed E-state index contributed by atoms with van der Waals surface area (Å²) >= 11 is 0. The second-order valence-corrected chi connectivity index (χ2v) is 12.1. The van der Waals surface area contributed by atoms with Gasteiger partial charge in [-0.15, -0.1) is 0 Å². The number of aryl methyl sites for hydroxylation is 2. The van der Waals surface area contributed by atoms with Crippen molar-refractivity contribution in [2.45, 2.75) is 119 Å². The zero-order valence-corrected chi connectivity index (χ0v) is 23.8. The maximum Gasteiger partial charge on any atom is 0.408 e. The van der Waals surface area contributed by atoms with E-state index >= 15 is 0 Å². The fraction of sp³-hybridized carbons (Fsp3) is 0.679. The molecule has 0 heterocycles. The van der Waals surface area contributed by atoms with Gasteiger partial charge in [-0.3, -0.25) is 9.59 Å². The van der Waals surface area contributed by atoms with Crippen molar-refractivity contribution in [2.75, 3.05) is 0 Å². The summed E-state index contributed by atoms with van der Waals surface area (Å²) in [5, 5.41) is 5.77. The number of amides is 3. The molecule has 0 aliphatic carbocycles. The maximum atomic E-state index is 14.2. The van der Waals surface area contributed by atoms with E-state index < -0.39 is 29.3 Å². The zero-order valence-electron chi connectivity index (χ0n) is 23.8. The molecule has 1 aromatic rings. The lowest BCUT2D eigenvalue weighted by Gasteiger charge is -2.43. The first-order chi connectivity index (χ1) is 15.8. The Kier molecular flexibility index (Phi) is 10.4. The van der Waals surface area contributed by atoms with E-state index in [1.165, 1.54) is 0 Å². The number of alkyl carbamates (subject to hydrolysis) is 1. The largest absolute Gasteiger partial charge is 0.444 e. The molecule has 0 saturated carbocycles. The van der Waals surface area contributed by atoms with Crippen LogP contribution in [0.2, 0.25) is 0 Å². The number of ether oxygens (including phenoxy) is 1. The molecule has 2 atom stereocenters. The molecule has 1 aromatic carbocycles. The first-order valence-electron chi connectivity index (χ1n) is 12.5. The van der Waals surface area contributed by atoms with Gasteiger partial charge >= 0.3 is 6.09 Å². The van der Waals surface area contributed by atoms with Gasteiger partial charge in [-0.05, 0) is 98.3 Å². The molecule has 35 heavy (non-hydrogen) atoms. The Morgan fingerprint density at radius 3 is 1.91 bits per heavy atom. The lowest BCUT2D eigenvalue weighted by atomic mass is 9.92. The highest BCUT2D eigenvalue weighted by Gasteiger charge is 2.42. The summed E-state index contributed by atoms with van der Waals surface area (Å²) in [7, 11) is 0. The summed E-state index contributed by atoms with van der Waals surface area (Å²) in [5.41, 5.74) is 1.47. The predicted octanol–water partition coefficient (Wildman–Crippen LogP) is 5.44. The molecular formula is C28H47N3O4. The highest BCUT2D eigenvalue weighted by atomic mass is 16.6. The summed E-state index contributed by atoms with van der Waals surface area (Å²) in [6.45, 7) is 22.8. The Morgan fingerprint density at radius 1 is 0.914 bits per heavy atom. The first-order valence-corrected chi connectivity index (χ1v) is 12.5. The molecule has 0 bridgehead atoms. The fourth-order valence-corrected chi connectivity index (χ4v) is 3.87. The van der Waals surface area contributed by atoms with Crippen molar-refractivity contribution < 1.29 is 19.1 Å². The summed E-state index contributed by atoms with van der Waals surface area (Å²) in [5.74, 6) is -0.448. The molecule has 7 nitrogen and oxygen atoms in total. The topological polar surface area (TPSA) is 87.7 Å². The van der Waals surface area contributed by atoms with E-state index in [9.17, 15) is 14.4 Å². The highest BCUT2D eigenvalue weighted by Crippen LogP contribution is 2.32. The smallest absolute Gasteiger partial charge is 0.408 e. The lowest BCUT2D eigenvalue weighted by Crippen LogP contribution is -2.59. The summed E-state index contributed by atoms with van der Waals surface area (Å²) in [4.78, 5) is 42.0. The minimum Gasteiger partial charge on any atom is -0.444 e. The van der Waals surface area contributed by atoms with E-state index in [0.717, 1.165) is 16.7 Å². The van der Waals surface area contributed by atoms with E-state index in [-0.39, 0.29) is 23.8 Å². The highest BCUT2D eigenvalue weighted by molar-refractivity contribution is 5.92. The van der Waals surface area contributed by atoms with Gasteiger partial charge in [-0.1, -0.05) is 32.0 Å². The molecule has 0 aliphatic heterocycles. The average molecular weight is 490 g/mol. The van der Waals surface area contributed by atoms with Crippen LogP contribution in [-0.2, 0) is 14.3 Å². The minimum atomic E-state index is -0.862. The quantitative estimate of drug-likeness (QED) is 0.509. The van der Waals surface area contributed by atoms with Crippen LogP contribution in [0.3, 0.4) is 0 Å². The number of carbonyl (C=O) groups is 3. The molecule has 0 fully saturated rings. The van der Waals surface area contributed by atoms with E-state index in [1.54, 1.807) is 25.7 Å². The third-order valence-electron chi connectivity index (χ3n) is 5.44. The van der Waals surface area contributed by atoms with Crippen molar-refractivity contribution in [3.63, 3.8) is 0 Å². The van der Waals surface area contributed by atoms with Crippen LogP contribution in [0.25, 0.3) is 0 Å².